The number of carbonyl (C=O) groups is 1. The van der Waals surface area contributed by atoms with Crippen LogP contribution in [0, 0.1) is 11.8 Å². The number of carbonyl (C=O) groups excluding carboxylic acids is 1. The van der Waals surface area contributed by atoms with Gasteiger partial charge in [-0.25, -0.2) is 0 Å². The van der Waals surface area contributed by atoms with E-state index in [4.69, 9.17) is 4.74 Å². The number of aliphatic hydroxyl groups is 1. The molecule has 1 fully saturated rings. The second kappa shape index (κ2) is 6.89. The molecule has 0 saturated heterocycles. The Labute approximate surface area is 98.2 Å². The van der Waals surface area contributed by atoms with Gasteiger partial charge in [0.25, 0.3) is 0 Å². The van der Waals surface area contributed by atoms with E-state index in [1.54, 1.807) is 0 Å². The predicted molar refractivity (Wildman–Crippen MR) is 63.0 cm³/mol. The molecule has 0 heterocycles. The van der Waals surface area contributed by atoms with Crippen LogP contribution >= 0.6 is 0 Å². The molecule has 1 aliphatic rings. The molecule has 0 bridgehead atoms. The van der Waals surface area contributed by atoms with Crippen LogP contribution in [-0.2, 0) is 9.53 Å². The highest BCUT2D eigenvalue weighted by Crippen LogP contribution is 2.32. The largest absolute Gasteiger partial charge is 0.466 e. The van der Waals surface area contributed by atoms with Crippen LogP contribution in [0.25, 0.3) is 0 Å². The maximum Gasteiger partial charge on any atom is 0.311 e. The Morgan fingerprint density at radius 3 is 2.50 bits per heavy atom. The normalized spacial score (nSPS) is 20.7. The fourth-order valence-electron chi connectivity index (χ4n) is 2.62. The Hall–Kier alpha value is -0.570. The lowest BCUT2D eigenvalue weighted by molar-refractivity contribution is -0.154. The van der Waals surface area contributed by atoms with Gasteiger partial charge in [-0.2, -0.15) is 0 Å². The van der Waals surface area contributed by atoms with Gasteiger partial charge in [-0.3, -0.25) is 4.79 Å². The van der Waals surface area contributed by atoms with Gasteiger partial charge < -0.3 is 9.84 Å². The van der Waals surface area contributed by atoms with Crippen molar-refractivity contribution in [3.63, 3.8) is 0 Å². The summed E-state index contributed by atoms with van der Waals surface area (Å²) in [6.45, 7) is 4.24. The average molecular weight is 228 g/mol. The lowest BCUT2D eigenvalue weighted by Gasteiger charge is -2.25. The van der Waals surface area contributed by atoms with Gasteiger partial charge in [0, 0.05) is 0 Å². The molecule has 0 aromatic heterocycles. The Morgan fingerprint density at radius 1 is 1.38 bits per heavy atom. The maximum atomic E-state index is 11.7. The Balaban J connectivity index is 2.56. The minimum absolute atomic E-state index is 0.219. The van der Waals surface area contributed by atoms with Crippen LogP contribution in [0.2, 0.25) is 0 Å². The van der Waals surface area contributed by atoms with Gasteiger partial charge in [0.15, 0.2) is 0 Å². The van der Waals surface area contributed by atoms with Crippen molar-refractivity contribution in [2.75, 3.05) is 6.61 Å². The standard InChI is InChI=1S/C13H24O3/c1-3-7-11(13(15)16-4-2)12(14)10-8-5-6-9-10/h10-12,14H,3-9H2,1-2H3. The Kier molecular flexibility index (Phi) is 5.81. The number of aliphatic hydroxyl groups excluding tert-OH is 1. The summed E-state index contributed by atoms with van der Waals surface area (Å²) >= 11 is 0. The first-order chi connectivity index (χ1) is 7.70. The third-order valence-electron chi connectivity index (χ3n) is 3.48. The lowest BCUT2D eigenvalue weighted by Crippen LogP contribution is -2.34. The van der Waals surface area contributed by atoms with Gasteiger partial charge in [0.2, 0.25) is 0 Å². The van der Waals surface area contributed by atoms with Gasteiger partial charge >= 0.3 is 5.97 Å². The summed E-state index contributed by atoms with van der Waals surface area (Å²) in [6, 6.07) is 0. The summed E-state index contributed by atoms with van der Waals surface area (Å²) < 4.78 is 5.04. The SMILES string of the molecule is CCCC(C(=O)OCC)C(O)C1CCCC1. The molecule has 0 radical (unpaired) electrons. The first-order valence-electron chi connectivity index (χ1n) is 6.55. The molecule has 1 saturated carbocycles. The quantitative estimate of drug-likeness (QED) is 0.711. The number of esters is 1. The molecule has 16 heavy (non-hydrogen) atoms. The molecule has 0 amide bonds. The van der Waals surface area contributed by atoms with Crippen molar-refractivity contribution in [1.82, 2.24) is 0 Å². The van der Waals surface area contributed by atoms with E-state index in [1.165, 1.54) is 12.8 Å². The predicted octanol–water partition coefficient (Wildman–Crippen LogP) is 2.52. The monoisotopic (exact) mass is 228 g/mol. The van der Waals surface area contributed by atoms with Gasteiger partial charge in [-0.15, -0.1) is 0 Å². The minimum Gasteiger partial charge on any atom is -0.466 e. The molecule has 0 aromatic carbocycles. The minimum atomic E-state index is -0.499. The van der Waals surface area contributed by atoms with E-state index in [2.05, 4.69) is 0 Å². The first-order valence-corrected chi connectivity index (χ1v) is 6.55. The zero-order chi connectivity index (χ0) is 12.0. The molecule has 94 valence electrons. The molecular formula is C13H24O3. The van der Waals surface area contributed by atoms with E-state index in [9.17, 15) is 9.90 Å². The highest BCUT2D eigenvalue weighted by Gasteiger charge is 2.34. The van der Waals surface area contributed by atoms with Crippen LogP contribution in [0.1, 0.15) is 52.4 Å². The van der Waals surface area contributed by atoms with Crippen LogP contribution < -0.4 is 0 Å². The van der Waals surface area contributed by atoms with Crippen molar-refractivity contribution in [3.8, 4) is 0 Å². The molecular weight excluding hydrogens is 204 g/mol. The smallest absolute Gasteiger partial charge is 0.311 e. The van der Waals surface area contributed by atoms with E-state index in [0.29, 0.717) is 12.5 Å². The Bertz CT molecular complexity index is 209. The second-order valence-corrected chi connectivity index (χ2v) is 4.68. The molecule has 0 aliphatic heterocycles. The van der Waals surface area contributed by atoms with Crippen LogP contribution in [0.4, 0.5) is 0 Å². The first kappa shape index (κ1) is 13.5. The maximum absolute atomic E-state index is 11.7. The molecule has 0 spiro atoms. The third-order valence-corrected chi connectivity index (χ3v) is 3.48. The fraction of sp³-hybridized carbons (Fsp3) is 0.923. The van der Waals surface area contributed by atoms with E-state index < -0.39 is 6.10 Å². The van der Waals surface area contributed by atoms with Crippen molar-refractivity contribution >= 4 is 5.97 Å². The second-order valence-electron chi connectivity index (χ2n) is 4.68. The number of hydrogen-bond acceptors (Lipinski definition) is 3. The van der Waals surface area contributed by atoms with Crippen molar-refractivity contribution in [1.29, 1.82) is 0 Å². The summed E-state index contributed by atoms with van der Waals surface area (Å²) in [6.07, 6.45) is 5.62. The average Bonchev–Trinajstić information content (AvgIpc) is 2.78. The van der Waals surface area contributed by atoms with Crippen molar-refractivity contribution < 1.29 is 14.6 Å². The molecule has 3 heteroatoms. The summed E-state index contributed by atoms with van der Waals surface area (Å²) in [5.41, 5.74) is 0. The van der Waals surface area contributed by atoms with Gasteiger partial charge in [0.1, 0.15) is 0 Å². The summed E-state index contributed by atoms with van der Waals surface area (Å²) in [5, 5.41) is 10.2. The molecule has 1 rings (SSSR count). The zero-order valence-electron chi connectivity index (χ0n) is 10.4. The van der Waals surface area contributed by atoms with Crippen molar-refractivity contribution in [2.24, 2.45) is 11.8 Å². The highest BCUT2D eigenvalue weighted by atomic mass is 16.5. The van der Waals surface area contributed by atoms with Crippen LogP contribution in [0.3, 0.4) is 0 Å². The Morgan fingerprint density at radius 2 is 2.00 bits per heavy atom. The van der Waals surface area contributed by atoms with Crippen LogP contribution in [-0.4, -0.2) is 23.8 Å². The van der Waals surface area contributed by atoms with Gasteiger partial charge in [-0.05, 0) is 32.1 Å². The fourth-order valence-corrected chi connectivity index (χ4v) is 2.62. The molecule has 1 aliphatic carbocycles. The van der Waals surface area contributed by atoms with Crippen molar-refractivity contribution in [2.45, 2.75) is 58.5 Å². The molecule has 0 aromatic rings. The number of hydrogen-bond donors (Lipinski definition) is 1. The van der Waals surface area contributed by atoms with E-state index >= 15 is 0 Å². The highest BCUT2D eigenvalue weighted by molar-refractivity contribution is 5.73. The van der Waals surface area contributed by atoms with Gasteiger partial charge in [-0.1, -0.05) is 26.2 Å². The molecule has 2 unspecified atom stereocenters. The number of rotatable bonds is 6. The van der Waals surface area contributed by atoms with E-state index in [-0.39, 0.29) is 11.9 Å². The third kappa shape index (κ3) is 3.48. The number of ether oxygens (including phenoxy) is 1. The lowest BCUT2D eigenvalue weighted by atomic mass is 9.87. The summed E-state index contributed by atoms with van der Waals surface area (Å²) in [5.74, 6) is -0.224. The van der Waals surface area contributed by atoms with Gasteiger partial charge in [0.05, 0.1) is 18.6 Å². The molecule has 1 N–H and O–H groups in total. The van der Waals surface area contributed by atoms with E-state index in [1.807, 2.05) is 13.8 Å². The summed E-state index contributed by atoms with van der Waals surface area (Å²) in [4.78, 5) is 11.7. The topological polar surface area (TPSA) is 46.5 Å². The van der Waals surface area contributed by atoms with Crippen LogP contribution in [0.15, 0.2) is 0 Å². The molecule has 2 atom stereocenters. The van der Waals surface area contributed by atoms with Crippen LogP contribution in [0.5, 0.6) is 0 Å². The zero-order valence-corrected chi connectivity index (χ0v) is 10.4. The van der Waals surface area contributed by atoms with Crippen molar-refractivity contribution in [3.05, 3.63) is 0 Å². The van der Waals surface area contributed by atoms with E-state index in [0.717, 1.165) is 25.7 Å². The molecule has 3 nitrogen and oxygen atoms in total. The summed E-state index contributed by atoms with van der Waals surface area (Å²) in [7, 11) is 0.